The van der Waals surface area contributed by atoms with Gasteiger partial charge in [0, 0.05) is 44.5 Å². The number of ether oxygens (including phenoxy) is 3. The highest BCUT2D eigenvalue weighted by Gasteiger charge is 2.31. The van der Waals surface area contributed by atoms with Gasteiger partial charge in [-0.2, -0.15) is 0 Å². The Bertz CT molecular complexity index is 1000. The minimum Gasteiger partial charge on any atom is -0.473 e. The lowest BCUT2D eigenvalue weighted by Crippen LogP contribution is -2.54. The molecule has 0 unspecified atom stereocenters. The first-order valence-corrected chi connectivity index (χ1v) is 12.3. The van der Waals surface area contributed by atoms with Gasteiger partial charge < -0.3 is 24.4 Å². The molecule has 0 saturated carbocycles. The Morgan fingerprint density at radius 2 is 2.00 bits per heavy atom. The summed E-state index contributed by atoms with van der Waals surface area (Å²) in [5.74, 6) is 0.282. The fourth-order valence-corrected chi connectivity index (χ4v) is 4.73. The average molecular weight is 509 g/mol. The summed E-state index contributed by atoms with van der Waals surface area (Å²) < 4.78 is 16.9. The van der Waals surface area contributed by atoms with Crippen molar-refractivity contribution < 1.29 is 19.0 Å². The van der Waals surface area contributed by atoms with Crippen LogP contribution >= 0.6 is 23.2 Å². The first-order valence-electron chi connectivity index (χ1n) is 11.5. The molecule has 2 aromatic rings. The molecule has 34 heavy (non-hydrogen) atoms. The molecule has 2 aliphatic heterocycles. The fraction of sp³-hybridized carbons (Fsp3) is 0.542. The van der Waals surface area contributed by atoms with Crippen LogP contribution in [-0.4, -0.2) is 72.4 Å². The second-order valence-corrected chi connectivity index (χ2v) is 9.48. The van der Waals surface area contributed by atoms with Gasteiger partial charge in [-0.1, -0.05) is 29.3 Å². The second-order valence-electron chi connectivity index (χ2n) is 8.67. The first kappa shape index (κ1) is 25.1. The minimum absolute atomic E-state index is 0.0689. The number of hydrogen-bond acceptors (Lipinski definition) is 7. The Balaban J connectivity index is 1.33. The van der Waals surface area contributed by atoms with Crippen LogP contribution in [0.15, 0.2) is 24.5 Å². The molecular formula is C24H30Cl2N4O4. The van der Waals surface area contributed by atoms with Crippen LogP contribution in [0.4, 0.5) is 0 Å². The lowest BCUT2D eigenvalue weighted by atomic mass is 9.99. The van der Waals surface area contributed by atoms with E-state index in [1.54, 1.807) is 19.2 Å². The number of benzene rings is 1. The Labute approximate surface area is 209 Å². The van der Waals surface area contributed by atoms with Crippen molar-refractivity contribution in [3.63, 3.8) is 0 Å². The number of piperidine rings is 1. The molecule has 1 N–H and O–H groups in total. The molecule has 2 aliphatic rings. The van der Waals surface area contributed by atoms with Gasteiger partial charge in [-0.3, -0.25) is 4.79 Å². The summed E-state index contributed by atoms with van der Waals surface area (Å²) in [6.07, 6.45) is 4.13. The van der Waals surface area contributed by atoms with Crippen LogP contribution in [-0.2, 0) is 16.1 Å². The quantitative estimate of drug-likeness (QED) is 0.610. The molecule has 3 heterocycles. The van der Waals surface area contributed by atoms with Crippen LogP contribution in [0, 0.1) is 6.92 Å². The molecule has 2 fully saturated rings. The standard InChI is InChI=1S/C24H30Cl2N4O4/c1-15-22(27-14-28-23(15)34-12-16-3-4-18(25)19(26)11-16)24(31)30-8-5-17(6-9-30)29-20-7-10-33-13-21(20)32-2/h3-4,11,14,17,20-21,29H,5-10,12-13H2,1-2H3/t20-,21+/m0/s1. The van der Waals surface area contributed by atoms with E-state index in [1.165, 1.54) is 6.33 Å². The molecule has 1 aromatic heterocycles. The van der Waals surface area contributed by atoms with E-state index in [9.17, 15) is 4.79 Å². The van der Waals surface area contributed by atoms with E-state index < -0.39 is 0 Å². The number of methoxy groups -OCH3 is 1. The third-order valence-electron chi connectivity index (χ3n) is 6.44. The van der Waals surface area contributed by atoms with Crippen molar-refractivity contribution in [1.29, 1.82) is 0 Å². The molecule has 8 nitrogen and oxygen atoms in total. The van der Waals surface area contributed by atoms with Gasteiger partial charge in [0.15, 0.2) is 0 Å². The van der Waals surface area contributed by atoms with E-state index >= 15 is 0 Å². The van der Waals surface area contributed by atoms with Crippen LogP contribution in [0.2, 0.25) is 10.0 Å². The molecule has 0 bridgehead atoms. The smallest absolute Gasteiger partial charge is 0.272 e. The lowest BCUT2D eigenvalue weighted by Gasteiger charge is -2.38. The monoisotopic (exact) mass is 508 g/mol. The number of nitrogens with zero attached hydrogens (tertiary/aromatic N) is 3. The predicted octanol–water partition coefficient (Wildman–Crippen LogP) is 3.67. The number of carbonyl (C=O) groups is 1. The van der Waals surface area contributed by atoms with Crippen molar-refractivity contribution in [2.24, 2.45) is 0 Å². The van der Waals surface area contributed by atoms with Gasteiger partial charge in [0.25, 0.3) is 5.91 Å². The second kappa shape index (κ2) is 11.6. The van der Waals surface area contributed by atoms with Gasteiger partial charge in [-0.05, 0) is 43.9 Å². The normalized spacial score (nSPS) is 21.5. The number of amides is 1. The van der Waals surface area contributed by atoms with Crippen LogP contribution in [0.1, 0.15) is 40.9 Å². The van der Waals surface area contributed by atoms with E-state index in [1.807, 2.05) is 17.9 Å². The van der Waals surface area contributed by atoms with E-state index in [-0.39, 0.29) is 24.7 Å². The molecule has 4 rings (SSSR count). The molecule has 10 heteroatoms. The number of carbonyl (C=O) groups excluding carboxylic acids is 1. The number of likely N-dealkylation sites (tertiary alicyclic amines) is 1. The van der Waals surface area contributed by atoms with Crippen LogP contribution < -0.4 is 10.1 Å². The largest absolute Gasteiger partial charge is 0.473 e. The minimum atomic E-state index is -0.0985. The average Bonchev–Trinajstić information content (AvgIpc) is 2.86. The van der Waals surface area contributed by atoms with Crippen molar-refractivity contribution in [2.45, 2.75) is 51.0 Å². The summed E-state index contributed by atoms with van der Waals surface area (Å²) in [5, 5.41) is 4.66. The number of hydrogen-bond donors (Lipinski definition) is 1. The van der Waals surface area contributed by atoms with Gasteiger partial charge in [-0.15, -0.1) is 0 Å². The zero-order valence-corrected chi connectivity index (χ0v) is 20.9. The summed E-state index contributed by atoms with van der Waals surface area (Å²) >= 11 is 12.1. The fourth-order valence-electron chi connectivity index (χ4n) is 4.41. The van der Waals surface area contributed by atoms with E-state index in [0.717, 1.165) is 31.4 Å². The molecule has 0 spiro atoms. The molecule has 1 aromatic carbocycles. The third-order valence-corrected chi connectivity index (χ3v) is 7.18. The summed E-state index contributed by atoms with van der Waals surface area (Å²) in [7, 11) is 1.72. The van der Waals surface area contributed by atoms with Gasteiger partial charge in [0.05, 0.1) is 22.8 Å². The van der Waals surface area contributed by atoms with Gasteiger partial charge >= 0.3 is 0 Å². The Morgan fingerprint density at radius 1 is 1.21 bits per heavy atom. The zero-order valence-electron chi connectivity index (χ0n) is 19.4. The highest BCUT2D eigenvalue weighted by Crippen LogP contribution is 2.25. The maximum atomic E-state index is 13.2. The van der Waals surface area contributed by atoms with E-state index in [0.29, 0.717) is 52.9 Å². The Morgan fingerprint density at radius 3 is 2.74 bits per heavy atom. The molecule has 0 radical (unpaired) electrons. The topological polar surface area (TPSA) is 85.8 Å². The van der Waals surface area contributed by atoms with Gasteiger partial charge in [0.1, 0.15) is 18.6 Å². The number of aromatic nitrogens is 2. The number of halogens is 2. The van der Waals surface area contributed by atoms with Crippen molar-refractivity contribution in [3.05, 3.63) is 51.4 Å². The van der Waals surface area contributed by atoms with Crippen molar-refractivity contribution in [3.8, 4) is 5.88 Å². The number of rotatable bonds is 7. The van der Waals surface area contributed by atoms with Gasteiger partial charge in [0.2, 0.25) is 5.88 Å². The summed E-state index contributed by atoms with van der Waals surface area (Å²) in [6, 6.07) is 5.94. The van der Waals surface area contributed by atoms with Crippen LogP contribution in [0.5, 0.6) is 5.88 Å². The third kappa shape index (κ3) is 5.98. The summed E-state index contributed by atoms with van der Waals surface area (Å²) in [5.41, 5.74) is 1.85. The molecule has 2 saturated heterocycles. The molecule has 0 aliphatic carbocycles. The van der Waals surface area contributed by atoms with E-state index in [4.69, 9.17) is 37.4 Å². The molecule has 1 amide bonds. The zero-order chi connectivity index (χ0) is 24.1. The summed E-state index contributed by atoms with van der Waals surface area (Å²) in [4.78, 5) is 23.6. The highest BCUT2D eigenvalue weighted by atomic mass is 35.5. The predicted molar refractivity (Wildman–Crippen MR) is 130 cm³/mol. The number of nitrogens with one attached hydrogen (secondary N) is 1. The van der Waals surface area contributed by atoms with Crippen molar-refractivity contribution >= 4 is 29.1 Å². The van der Waals surface area contributed by atoms with Crippen LogP contribution in [0.25, 0.3) is 0 Å². The maximum absolute atomic E-state index is 13.2. The van der Waals surface area contributed by atoms with E-state index in [2.05, 4.69) is 15.3 Å². The van der Waals surface area contributed by atoms with Crippen LogP contribution in [0.3, 0.4) is 0 Å². The Kier molecular flexibility index (Phi) is 8.60. The highest BCUT2D eigenvalue weighted by molar-refractivity contribution is 6.42. The summed E-state index contributed by atoms with van der Waals surface area (Å²) in [6.45, 7) is 4.77. The maximum Gasteiger partial charge on any atom is 0.272 e. The molecular weight excluding hydrogens is 479 g/mol. The van der Waals surface area contributed by atoms with Crippen molar-refractivity contribution in [2.75, 3.05) is 33.4 Å². The molecule has 2 atom stereocenters. The van der Waals surface area contributed by atoms with Gasteiger partial charge in [-0.25, -0.2) is 9.97 Å². The first-order chi connectivity index (χ1) is 16.5. The molecule has 184 valence electrons. The Hall–Kier alpha value is -1.97. The SMILES string of the molecule is CO[C@@H]1COCC[C@@H]1NC1CCN(C(=O)c2ncnc(OCc3ccc(Cl)c(Cl)c3)c2C)CC1. The van der Waals surface area contributed by atoms with Crippen molar-refractivity contribution in [1.82, 2.24) is 20.2 Å². The lowest BCUT2D eigenvalue weighted by molar-refractivity contribution is -0.0533.